The third-order valence-corrected chi connectivity index (χ3v) is 8.20. The van der Waals surface area contributed by atoms with E-state index >= 15 is 0 Å². The van der Waals surface area contributed by atoms with Gasteiger partial charge in [-0.2, -0.15) is 16.8 Å². The lowest BCUT2D eigenvalue weighted by Crippen LogP contribution is -2.41. The van der Waals surface area contributed by atoms with Crippen LogP contribution in [0, 0.1) is 13.8 Å². The maximum Gasteiger partial charge on any atom is 0.339 e. The molecule has 0 amide bonds. The number of hydrogen-bond acceptors (Lipinski definition) is 7. The Hall–Kier alpha value is -2.88. The zero-order valence-electron chi connectivity index (χ0n) is 19.1. The average molecular weight is 503 g/mol. The molecular weight excluding hydrogens is 476 g/mol. The van der Waals surface area contributed by atoms with Gasteiger partial charge in [-0.15, -0.1) is 0 Å². The van der Waals surface area contributed by atoms with E-state index in [2.05, 4.69) is 0 Å². The summed E-state index contributed by atoms with van der Waals surface area (Å²) in [5.74, 6) is 0.717. The lowest BCUT2D eigenvalue weighted by atomic mass is 9.93. The van der Waals surface area contributed by atoms with Crippen molar-refractivity contribution in [1.29, 1.82) is 0 Å². The molecule has 0 unspecified atom stereocenters. The molecule has 1 aliphatic rings. The molecule has 180 valence electrons. The van der Waals surface area contributed by atoms with E-state index in [4.69, 9.17) is 13.1 Å². The molecule has 0 saturated carbocycles. The van der Waals surface area contributed by atoms with Crippen LogP contribution in [-0.2, 0) is 30.8 Å². The predicted octanol–water partition coefficient (Wildman–Crippen LogP) is 4.56. The fraction of sp³-hybridized carbons (Fsp3) is 0.280. The fourth-order valence-electron chi connectivity index (χ4n) is 3.57. The van der Waals surface area contributed by atoms with Gasteiger partial charge >= 0.3 is 10.1 Å². The predicted molar refractivity (Wildman–Crippen MR) is 127 cm³/mol. The van der Waals surface area contributed by atoms with Crippen LogP contribution in [0.3, 0.4) is 0 Å². The van der Waals surface area contributed by atoms with Crippen LogP contribution >= 0.6 is 0 Å². The molecule has 0 bridgehead atoms. The highest BCUT2D eigenvalue weighted by atomic mass is 32.2. The van der Waals surface area contributed by atoms with Gasteiger partial charge in [0.1, 0.15) is 28.6 Å². The topological polar surface area (TPSA) is 96.0 Å². The minimum Gasteiger partial charge on any atom is -0.485 e. The number of aryl methyl sites for hydroxylation is 3. The number of ether oxygens (including phenoxy) is 1. The normalized spacial score (nSPS) is 18.1. The Labute approximate surface area is 200 Å². The van der Waals surface area contributed by atoms with Crippen molar-refractivity contribution in [3.05, 3.63) is 83.4 Å². The first-order valence-electron chi connectivity index (χ1n) is 10.8. The average Bonchev–Trinajstić information content (AvgIpc) is 2.78. The second kappa shape index (κ2) is 9.05. The Bertz CT molecular complexity index is 1390. The van der Waals surface area contributed by atoms with Crippen LogP contribution in [0.25, 0.3) is 0 Å². The summed E-state index contributed by atoms with van der Waals surface area (Å²) in [6.45, 7) is 5.38. The summed E-state index contributed by atoms with van der Waals surface area (Å²) in [7, 11) is -7.88. The summed E-state index contributed by atoms with van der Waals surface area (Å²) in [5.41, 5.74) is 1.81. The molecule has 1 heterocycles. The molecule has 0 fully saturated rings. The Morgan fingerprint density at radius 2 is 1.38 bits per heavy atom. The Morgan fingerprint density at radius 3 is 1.97 bits per heavy atom. The summed E-state index contributed by atoms with van der Waals surface area (Å²) in [4.78, 5) is 0.168. The minimum atomic E-state index is -3.96. The smallest absolute Gasteiger partial charge is 0.339 e. The van der Waals surface area contributed by atoms with E-state index in [1.54, 1.807) is 43.3 Å². The zero-order valence-corrected chi connectivity index (χ0v) is 20.8. The summed E-state index contributed by atoms with van der Waals surface area (Å²) in [6, 6.07) is 17.6. The molecule has 3 aromatic rings. The fourth-order valence-corrected chi connectivity index (χ4v) is 5.51. The van der Waals surface area contributed by atoms with Crippen molar-refractivity contribution in [2.75, 3.05) is 6.61 Å². The lowest BCUT2D eigenvalue weighted by Gasteiger charge is -2.35. The Morgan fingerprint density at radius 1 is 0.824 bits per heavy atom. The minimum absolute atomic E-state index is 0.0755. The van der Waals surface area contributed by atoms with Gasteiger partial charge in [-0.3, -0.25) is 4.18 Å². The van der Waals surface area contributed by atoms with Crippen molar-refractivity contribution >= 4 is 20.2 Å². The van der Waals surface area contributed by atoms with Crippen LogP contribution < -0.4 is 8.92 Å². The third-order valence-electron chi connectivity index (χ3n) is 5.66. The monoisotopic (exact) mass is 502 g/mol. The molecular formula is C25H26O7S2. The molecule has 1 atom stereocenters. The summed E-state index contributed by atoms with van der Waals surface area (Å²) in [6.07, 6.45) is 1.03. The number of benzene rings is 3. The molecule has 34 heavy (non-hydrogen) atoms. The van der Waals surface area contributed by atoms with E-state index in [0.29, 0.717) is 18.6 Å². The molecule has 4 rings (SSSR count). The first-order valence-corrected chi connectivity index (χ1v) is 13.6. The van der Waals surface area contributed by atoms with Gasteiger partial charge in [0.05, 0.1) is 4.90 Å². The van der Waals surface area contributed by atoms with Crippen LogP contribution in [0.5, 0.6) is 11.5 Å². The molecule has 3 aromatic carbocycles. The van der Waals surface area contributed by atoms with Crippen molar-refractivity contribution in [2.24, 2.45) is 0 Å². The van der Waals surface area contributed by atoms with Gasteiger partial charge in [0.25, 0.3) is 10.1 Å². The molecule has 0 spiro atoms. The second-order valence-corrected chi connectivity index (χ2v) is 11.9. The van der Waals surface area contributed by atoms with Crippen LogP contribution in [0.4, 0.5) is 0 Å². The maximum absolute atomic E-state index is 12.6. The standard InChI is InChI=1S/C25H26O7S2/c1-18-4-9-22(10-5-18)33(26,27)30-17-25(3)15-14-20-16-21(8-13-24(20)31-25)32-34(28,29)23-11-6-19(2)7-12-23/h4-13,16H,14-15,17H2,1-3H3/t25-/m0/s1. The van der Waals surface area contributed by atoms with Crippen molar-refractivity contribution in [1.82, 2.24) is 0 Å². The number of rotatable bonds is 7. The third kappa shape index (κ3) is 5.43. The van der Waals surface area contributed by atoms with E-state index in [9.17, 15) is 16.8 Å². The molecule has 0 radical (unpaired) electrons. The SMILES string of the molecule is Cc1ccc(S(=O)(=O)OC[C@]2(C)CCc3cc(OS(=O)(=O)c4ccc(C)cc4)ccc3O2)cc1. The zero-order chi connectivity index (χ0) is 24.6. The highest BCUT2D eigenvalue weighted by Gasteiger charge is 2.34. The molecule has 7 nitrogen and oxygen atoms in total. The van der Waals surface area contributed by atoms with Gasteiger partial charge in [0, 0.05) is 0 Å². The van der Waals surface area contributed by atoms with E-state index in [1.807, 2.05) is 13.8 Å². The largest absolute Gasteiger partial charge is 0.485 e. The molecule has 1 aliphatic heterocycles. The van der Waals surface area contributed by atoms with Crippen LogP contribution in [0.2, 0.25) is 0 Å². The molecule has 9 heteroatoms. The van der Waals surface area contributed by atoms with E-state index in [0.717, 1.165) is 16.7 Å². The van der Waals surface area contributed by atoms with Crippen LogP contribution in [-0.4, -0.2) is 29.0 Å². The van der Waals surface area contributed by atoms with Crippen molar-refractivity contribution in [3.63, 3.8) is 0 Å². The van der Waals surface area contributed by atoms with E-state index < -0.39 is 25.8 Å². The van der Waals surface area contributed by atoms with Crippen molar-refractivity contribution in [2.45, 2.75) is 49.0 Å². The van der Waals surface area contributed by atoms with Gasteiger partial charge in [-0.1, -0.05) is 35.4 Å². The van der Waals surface area contributed by atoms with Gasteiger partial charge in [0.15, 0.2) is 0 Å². The first kappa shape index (κ1) is 24.3. The number of fused-ring (bicyclic) bond motifs is 1. The Kier molecular flexibility index (Phi) is 6.46. The maximum atomic E-state index is 12.6. The second-order valence-electron chi connectivity index (χ2n) is 8.70. The van der Waals surface area contributed by atoms with E-state index in [1.165, 1.54) is 30.3 Å². The number of hydrogen-bond donors (Lipinski definition) is 0. The van der Waals surface area contributed by atoms with Gasteiger partial charge in [-0.25, -0.2) is 0 Å². The first-order chi connectivity index (χ1) is 16.0. The lowest BCUT2D eigenvalue weighted by molar-refractivity contribution is 0.0196. The summed E-state index contributed by atoms with van der Waals surface area (Å²) >= 11 is 0. The quantitative estimate of drug-likeness (QED) is 0.437. The molecule has 0 aromatic heterocycles. The van der Waals surface area contributed by atoms with Crippen molar-refractivity contribution < 1.29 is 29.9 Å². The van der Waals surface area contributed by atoms with Gasteiger partial charge in [0.2, 0.25) is 0 Å². The van der Waals surface area contributed by atoms with Gasteiger partial charge in [-0.05, 0) is 81.6 Å². The summed E-state index contributed by atoms with van der Waals surface area (Å²) < 4.78 is 66.9. The van der Waals surface area contributed by atoms with Crippen LogP contribution in [0.15, 0.2) is 76.5 Å². The summed E-state index contributed by atoms with van der Waals surface area (Å²) in [5, 5.41) is 0. The highest BCUT2D eigenvalue weighted by molar-refractivity contribution is 7.87. The Balaban J connectivity index is 1.44. The molecule has 0 N–H and O–H groups in total. The van der Waals surface area contributed by atoms with E-state index in [-0.39, 0.29) is 22.1 Å². The molecule has 0 aliphatic carbocycles. The molecule has 0 saturated heterocycles. The van der Waals surface area contributed by atoms with Crippen LogP contribution in [0.1, 0.15) is 30.0 Å². The van der Waals surface area contributed by atoms with Crippen molar-refractivity contribution in [3.8, 4) is 11.5 Å². The highest BCUT2D eigenvalue weighted by Crippen LogP contribution is 2.36. The van der Waals surface area contributed by atoms with Gasteiger partial charge < -0.3 is 8.92 Å².